The summed E-state index contributed by atoms with van der Waals surface area (Å²) in [5, 5.41) is 0. The molecule has 19 heavy (non-hydrogen) atoms. The molecule has 0 rings (SSSR count). The number of carbonyl (C=O) groups excluding carboxylic acids is 2. The summed E-state index contributed by atoms with van der Waals surface area (Å²) in [6.45, 7) is 7.01. The third kappa shape index (κ3) is 5.41. The predicted octanol–water partition coefficient (Wildman–Crippen LogP) is 3.61. The molecule has 0 saturated carbocycles. The fourth-order valence-electron chi connectivity index (χ4n) is 1.53. The van der Waals surface area contributed by atoms with Crippen molar-refractivity contribution in [3.8, 4) is 0 Å². The first-order valence-corrected chi connectivity index (χ1v) is 6.95. The van der Waals surface area contributed by atoms with E-state index in [4.69, 9.17) is 32.7 Å². The molecule has 0 spiro atoms. The van der Waals surface area contributed by atoms with Crippen molar-refractivity contribution in [1.29, 1.82) is 0 Å². The van der Waals surface area contributed by atoms with E-state index in [0.29, 0.717) is 0 Å². The van der Waals surface area contributed by atoms with Crippen molar-refractivity contribution in [3.63, 3.8) is 0 Å². The molecule has 110 valence electrons. The number of hydrogen-bond acceptors (Lipinski definition) is 4. The molecule has 0 aliphatic carbocycles. The minimum absolute atomic E-state index is 0.000490. The number of halogens is 2. The summed E-state index contributed by atoms with van der Waals surface area (Å²) in [7, 11) is 0. The van der Waals surface area contributed by atoms with Gasteiger partial charge in [-0.05, 0) is 33.6 Å². The minimum Gasteiger partial charge on any atom is -0.465 e. The van der Waals surface area contributed by atoms with Gasteiger partial charge in [-0.3, -0.25) is 9.59 Å². The van der Waals surface area contributed by atoms with Gasteiger partial charge in [0.05, 0.1) is 12.7 Å². The second-order valence-electron chi connectivity index (χ2n) is 4.31. The molecule has 0 amide bonds. The first-order valence-electron chi connectivity index (χ1n) is 6.19. The number of allylic oxidation sites excluding steroid dienone is 1. The van der Waals surface area contributed by atoms with E-state index in [2.05, 4.69) is 0 Å². The molecule has 0 radical (unpaired) electrons. The number of carbonyl (C=O) groups is 2. The van der Waals surface area contributed by atoms with Gasteiger partial charge in [-0.25, -0.2) is 0 Å². The van der Waals surface area contributed by atoms with Gasteiger partial charge in [0.15, 0.2) is 5.41 Å². The maximum atomic E-state index is 12.2. The van der Waals surface area contributed by atoms with Gasteiger partial charge in [-0.2, -0.15) is 0 Å². The SMILES string of the molecule is CCOC(=O)C(CC)(CC=C(Cl)Cl)C(=O)OC(C)C. The highest BCUT2D eigenvalue weighted by atomic mass is 35.5. The summed E-state index contributed by atoms with van der Waals surface area (Å²) in [6, 6.07) is 0. The summed E-state index contributed by atoms with van der Waals surface area (Å²) >= 11 is 11.1. The Kier molecular flexibility index (Phi) is 8.11. The van der Waals surface area contributed by atoms with Gasteiger partial charge in [-0.1, -0.05) is 36.2 Å². The van der Waals surface area contributed by atoms with Crippen molar-refractivity contribution in [1.82, 2.24) is 0 Å². The second-order valence-corrected chi connectivity index (χ2v) is 5.32. The van der Waals surface area contributed by atoms with Crippen LogP contribution in [0.2, 0.25) is 0 Å². The number of esters is 2. The molecule has 0 aliphatic heterocycles. The zero-order valence-corrected chi connectivity index (χ0v) is 13.2. The first-order chi connectivity index (χ1) is 8.80. The van der Waals surface area contributed by atoms with Crippen LogP contribution in [0.4, 0.5) is 0 Å². The molecule has 6 heteroatoms. The molecule has 0 aromatic rings. The summed E-state index contributed by atoms with van der Waals surface area (Å²) in [6.07, 6.45) is 1.39. The molecule has 4 nitrogen and oxygen atoms in total. The monoisotopic (exact) mass is 310 g/mol. The Bertz CT molecular complexity index is 349. The Morgan fingerprint density at radius 3 is 2.16 bits per heavy atom. The van der Waals surface area contributed by atoms with Gasteiger partial charge in [0, 0.05) is 0 Å². The van der Waals surface area contributed by atoms with Crippen LogP contribution in [0.5, 0.6) is 0 Å². The van der Waals surface area contributed by atoms with Crippen LogP contribution in [-0.2, 0) is 19.1 Å². The fraction of sp³-hybridized carbons (Fsp3) is 0.692. The highest BCUT2D eigenvalue weighted by molar-refractivity contribution is 6.55. The van der Waals surface area contributed by atoms with E-state index in [1.54, 1.807) is 27.7 Å². The average Bonchev–Trinajstić information content (AvgIpc) is 2.29. The molecule has 0 aliphatic rings. The molecule has 0 fully saturated rings. The lowest BCUT2D eigenvalue weighted by atomic mass is 9.81. The van der Waals surface area contributed by atoms with Gasteiger partial charge >= 0.3 is 11.9 Å². The lowest BCUT2D eigenvalue weighted by molar-refractivity contribution is -0.174. The normalized spacial score (nSPS) is 13.6. The third-order valence-corrected chi connectivity index (χ3v) is 2.92. The Morgan fingerprint density at radius 2 is 1.79 bits per heavy atom. The van der Waals surface area contributed by atoms with E-state index in [1.807, 2.05) is 0 Å². The molecule has 0 heterocycles. The molecule has 1 unspecified atom stereocenters. The molecular formula is C13H20Cl2O4. The quantitative estimate of drug-likeness (QED) is 0.532. The zero-order valence-electron chi connectivity index (χ0n) is 11.7. The summed E-state index contributed by atoms with van der Waals surface area (Å²) in [5.41, 5.74) is -1.39. The Balaban J connectivity index is 5.33. The largest absolute Gasteiger partial charge is 0.465 e. The van der Waals surface area contributed by atoms with E-state index < -0.39 is 17.4 Å². The van der Waals surface area contributed by atoms with Gasteiger partial charge in [-0.15, -0.1) is 0 Å². The van der Waals surface area contributed by atoms with Crippen LogP contribution in [0, 0.1) is 5.41 Å². The van der Waals surface area contributed by atoms with Crippen LogP contribution < -0.4 is 0 Å². The van der Waals surface area contributed by atoms with Crippen molar-refractivity contribution >= 4 is 35.1 Å². The van der Waals surface area contributed by atoms with Crippen LogP contribution in [-0.4, -0.2) is 24.6 Å². The van der Waals surface area contributed by atoms with Crippen LogP contribution in [0.1, 0.15) is 40.5 Å². The smallest absolute Gasteiger partial charge is 0.324 e. The van der Waals surface area contributed by atoms with Crippen LogP contribution in [0.15, 0.2) is 10.6 Å². The summed E-state index contributed by atoms with van der Waals surface area (Å²) < 4.78 is 10.1. The Morgan fingerprint density at radius 1 is 1.21 bits per heavy atom. The van der Waals surface area contributed by atoms with Gasteiger partial charge < -0.3 is 9.47 Å². The number of rotatable bonds is 7. The Labute approximate surface area is 124 Å². The molecule has 1 atom stereocenters. The van der Waals surface area contributed by atoms with E-state index in [9.17, 15) is 9.59 Å². The van der Waals surface area contributed by atoms with Crippen molar-refractivity contribution in [2.75, 3.05) is 6.61 Å². The van der Waals surface area contributed by atoms with Gasteiger partial charge in [0.1, 0.15) is 4.49 Å². The summed E-state index contributed by atoms with van der Waals surface area (Å²) in [4.78, 5) is 24.3. The van der Waals surface area contributed by atoms with Gasteiger partial charge in [0.2, 0.25) is 0 Å². The molecule has 0 bridgehead atoms. The minimum atomic E-state index is -1.39. The molecule has 0 N–H and O–H groups in total. The Hall–Kier alpha value is -0.740. The maximum absolute atomic E-state index is 12.2. The predicted molar refractivity (Wildman–Crippen MR) is 75.0 cm³/mol. The molecule has 0 aromatic carbocycles. The van der Waals surface area contributed by atoms with Crippen molar-refractivity contribution in [2.24, 2.45) is 5.41 Å². The lowest BCUT2D eigenvalue weighted by Gasteiger charge is -2.27. The highest BCUT2D eigenvalue weighted by Crippen LogP contribution is 2.32. The highest BCUT2D eigenvalue weighted by Gasteiger charge is 2.46. The molecule has 0 saturated heterocycles. The number of hydrogen-bond donors (Lipinski definition) is 0. The molecular weight excluding hydrogens is 291 g/mol. The molecule has 0 aromatic heterocycles. The van der Waals surface area contributed by atoms with Gasteiger partial charge in [0.25, 0.3) is 0 Å². The average molecular weight is 311 g/mol. The first kappa shape index (κ1) is 18.3. The van der Waals surface area contributed by atoms with E-state index >= 15 is 0 Å². The maximum Gasteiger partial charge on any atom is 0.324 e. The third-order valence-electron chi connectivity index (χ3n) is 2.61. The zero-order chi connectivity index (χ0) is 15.1. The van der Waals surface area contributed by atoms with Crippen LogP contribution >= 0.6 is 23.2 Å². The van der Waals surface area contributed by atoms with E-state index in [-0.39, 0.29) is 30.0 Å². The standard InChI is InChI=1S/C13H20Cl2O4/c1-5-13(8-7-10(14)15,11(16)18-6-2)12(17)19-9(3)4/h7,9H,5-6,8H2,1-4H3. The van der Waals surface area contributed by atoms with Crippen LogP contribution in [0.25, 0.3) is 0 Å². The number of ether oxygens (including phenoxy) is 2. The van der Waals surface area contributed by atoms with Crippen molar-refractivity contribution < 1.29 is 19.1 Å². The lowest BCUT2D eigenvalue weighted by Crippen LogP contribution is -2.42. The topological polar surface area (TPSA) is 52.6 Å². The second kappa shape index (κ2) is 8.43. The summed E-state index contributed by atoms with van der Waals surface area (Å²) in [5.74, 6) is -1.23. The van der Waals surface area contributed by atoms with Crippen molar-refractivity contribution in [2.45, 2.75) is 46.6 Å². The van der Waals surface area contributed by atoms with Crippen LogP contribution in [0.3, 0.4) is 0 Å². The van der Waals surface area contributed by atoms with E-state index in [0.717, 1.165) is 0 Å². The fourth-order valence-corrected chi connectivity index (χ4v) is 1.68. The van der Waals surface area contributed by atoms with E-state index in [1.165, 1.54) is 6.08 Å². The van der Waals surface area contributed by atoms with Crippen molar-refractivity contribution in [3.05, 3.63) is 10.6 Å².